The Morgan fingerprint density at radius 2 is 1.88 bits per heavy atom. The highest BCUT2D eigenvalue weighted by molar-refractivity contribution is 5.88. The van der Waals surface area contributed by atoms with Gasteiger partial charge in [0.25, 0.3) is 0 Å². The van der Waals surface area contributed by atoms with Crippen molar-refractivity contribution in [2.75, 3.05) is 0 Å². The third kappa shape index (κ3) is 17.2. The summed E-state index contributed by atoms with van der Waals surface area (Å²) in [6.07, 6.45) is 17.3. The smallest absolute Gasteiger partial charge is 0.404 e. The highest BCUT2D eigenvalue weighted by Crippen LogP contribution is 2.21. The van der Waals surface area contributed by atoms with Gasteiger partial charge in [-0.2, -0.15) is 0 Å². The van der Waals surface area contributed by atoms with Crippen LogP contribution in [0.2, 0.25) is 0 Å². The zero-order chi connectivity index (χ0) is 31.5. The topological polar surface area (TPSA) is 148 Å². The summed E-state index contributed by atoms with van der Waals surface area (Å²) in [6, 6.07) is 0. The number of carbonyl (C=O) groups excluding carboxylic acids is 3. The molecule has 9 nitrogen and oxygen atoms in total. The van der Waals surface area contributed by atoms with E-state index in [1.54, 1.807) is 18.4 Å². The van der Waals surface area contributed by atoms with E-state index in [0.29, 0.717) is 38.5 Å². The number of allylic oxidation sites excluding steroid dienone is 7. The Bertz CT molecular complexity index is 1090. The molecule has 9 heteroatoms. The maximum atomic E-state index is 12.6. The summed E-state index contributed by atoms with van der Waals surface area (Å²) in [5.74, 6) is -0.764. The lowest BCUT2D eigenvalue weighted by Crippen LogP contribution is -2.32. The van der Waals surface area contributed by atoms with Crippen molar-refractivity contribution in [1.82, 2.24) is 5.32 Å². The molecule has 5 atom stereocenters. The van der Waals surface area contributed by atoms with Gasteiger partial charge in [-0.1, -0.05) is 66.2 Å². The standard InChI is InChI=1S/C33H48N2O7/c1-23(2)20-31(38)35-19-18-25(4)21-26(5)30-22-24(3)12-8-6-10-14-29(42-33(34)40)28(37)17-16-27(36)13-9-7-11-15-32(39)41-30/h6,8,11-12,15-21,26-30,36-37H,7,9-10,13-14,22H2,1-5H3,(H2,34,40)(H,35,38)/b8-6+,15-11-,17-16-,19-18+,24-12-,25-21+/t26-,27-,28-,29-,30-/m1/s1. The quantitative estimate of drug-likeness (QED) is 0.145. The van der Waals surface area contributed by atoms with Crippen LogP contribution in [0.3, 0.4) is 0 Å². The first-order valence-corrected chi connectivity index (χ1v) is 14.4. The van der Waals surface area contributed by atoms with Crippen LogP contribution in [-0.2, 0) is 19.1 Å². The molecular formula is C33H48N2O7. The lowest BCUT2D eigenvalue weighted by molar-refractivity contribution is -0.144. The summed E-state index contributed by atoms with van der Waals surface area (Å²) in [7, 11) is 0. The maximum Gasteiger partial charge on any atom is 0.404 e. The van der Waals surface area contributed by atoms with Gasteiger partial charge in [0.05, 0.1) is 6.10 Å². The molecular weight excluding hydrogens is 536 g/mol. The molecule has 0 bridgehead atoms. The van der Waals surface area contributed by atoms with Crippen molar-refractivity contribution in [1.29, 1.82) is 0 Å². The van der Waals surface area contributed by atoms with Crippen molar-refractivity contribution in [3.05, 3.63) is 83.7 Å². The second-order valence-corrected chi connectivity index (χ2v) is 10.8. The van der Waals surface area contributed by atoms with E-state index >= 15 is 0 Å². The Morgan fingerprint density at radius 1 is 1.14 bits per heavy atom. The van der Waals surface area contributed by atoms with Gasteiger partial charge in [0, 0.05) is 30.7 Å². The number of ether oxygens (including phenoxy) is 2. The lowest BCUT2D eigenvalue weighted by Gasteiger charge is -2.22. The monoisotopic (exact) mass is 584 g/mol. The molecule has 2 amide bonds. The number of rotatable bonds is 6. The van der Waals surface area contributed by atoms with Crippen LogP contribution in [-0.4, -0.2) is 52.6 Å². The fourth-order valence-electron chi connectivity index (χ4n) is 4.17. The molecule has 0 aromatic rings. The second kappa shape index (κ2) is 20.2. The molecule has 0 radical (unpaired) electrons. The van der Waals surface area contributed by atoms with E-state index in [0.717, 1.165) is 16.7 Å². The molecule has 1 rings (SSSR count). The number of carbonyl (C=O) groups is 3. The zero-order valence-corrected chi connectivity index (χ0v) is 25.5. The minimum atomic E-state index is -1.11. The third-order valence-electron chi connectivity index (χ3n) is 6.33. The summed E-state index contributed by atoms with van der Waals surface area (Å²) < 4.78 is 10.9. The second-order valence-electron chi connectivity index (χ2n) is 10.8. The van der Waals surface area contributed by atoms with Crippen LogP contribution in [0.5, 0.6) is 0 Å². The molecule has 0 saturated carbocycles. The van der Waals surface area contributed by atoms with E-state index < -0.39 is 36.5 Å². The first-order chi connectivity index (χ1) is 19.9. The van der Waals surface area contributed by atoms with E-state index in [9.17, 15) is 24.6 Å². The summed E-state index contributed by atoms with van der Waals surface area (Å²) in [4.78, 5) is 35.8. The van der Waals surface area contributed by atoms with Gasteiger partial charge >= 0.3 is 12.1 Å². The number of cyclic esters (lactones) is 1. The van der Waals surface area contributed by atoms with Crippen molar-refractivity contribution in [3.63, 3.8) is 0 Å². The molecule has 1 aliphatic rings. The van der Waals surface area contributed by atoms with Crippen molar-refractivity contribution < 1.29 is 34.1 Å². The number of hydrogen-bond acceptors (Lipinski definition) is 7. The molecule has 0 aromatic heterocycles. The number of primary amides is 1. The van der Waals surface area contributed by atoms with E-state index in [1.165, 1.54) is 24.3 Å². The van der Waals surface area contributed by atoms with Crippen LogP contribution in [0.15, 0.2) is 83.7 Å². The lowest BCUT2D eigenvalue weighted by atomic mass is 9.95. The molecule has 232 valence electrons. The van der Waals surface area contributed by atoms with Gasteiger partial charge in [-0.25, -0.2) is 9.59 Å². The van der Waals surface area contributed by atoms with Crippen LogP contribution in [0, 0.1) is 5.92 Å². The van der Waals surface area contributed by atoms with Crippen LogP contribution < -0.4 is 11.1 Å². The molecule has 0 saturated heterocycles. The number of aliphatic hydroxyl groups is 2. The van der Waals surface area contributed by atoms with E-state index in [2.05, 4.69) is 5.32 Å². The Morgan fingerprint density at radius 3 is 2.57 bits per heavy atom. The van der Waals surface area contributed by atoms with E-state index in [1.807, 2.05) is 58.9 Å². The largest absolute Gasteiger partial charge is 0.458 e. The Hall–Kier alpha value is -3.69. The van der Waals surface area contributed by atoms with Crippen molar-refractivity contribution in [2.24, 2.45) is 11.7 Å². The molecule has 0 fully saturated rings. The van der Waals surface area contributed by atoms with Crippen LogP contribution in [0.4, 0.5) is 4.79 Å². The normalized spacial score (nSPS) is 27.8. The highest BCUT2D eigenvalue weighted by Gasteiger charge is 2.21. The Balaban J connectivity index is 3.09. The minimum absolute atomic E-state index is 0.124. The maximum absolute atomic E-state index is 12.6. The van der Waals surface area contributed by atoms with Crippen LogP contribution in [0.25, 0.3) is 0 Å². The van der Waals surface area contributed by atoms with Gasteiger partial charge in [-0.05, 0) is 65.9 Å². The predicted molar refractivity (Wildman–Crippen MR) is 165 cm³/mol. The van der Waals surface area contributed by atoms with Gasteiger partial charge in [0.15, 0.2) is 0 Å². The van der Waals surface area contributed by atoms with Crippen molar-refractivity contribution in [3.8, 4) is 0 Å². The number of hydrogen-bond donors (Lipinski definition) is 4. The van der Waals surface area contributed by atoms with Gasteiger partial charge in [0.2, 0.25) is 5.91 Å². The molecule has 1 aliphatic heterocycles. The number of nitrogens with one attached hydrogen (secondary N) is 1. The van der Waals surface area contributed by atoms with Gasteiger partial charge < -0.3 is 30.7 Å². The zero-order valence-electron chi connectivity index (χ0n) is 25.5. The van der Waals surface area contributed by atoms with Crippen molar-refractivity contribution >= 4 is 18.0 Å². The molecule has 0 spiro atoms. The number of aliphatic hydroxyl groups excluding tert-OH is 2. The summed E-state index contributed by atoms with van der Waals surface area (Å²) in [5, 5.41) is 23.4. The summed E-state index contributed by atoms with van der Waals surface area (Å²) in [5.41, 5.74) is 7.98. The SMILES string of the molecule is CC(C)=CC(=O)N/C=C/C(C)=C/[C@@H](C)[C@H]1C/C(C)=C\C=C\CC[C@@H](OC(N)=O)[C@H](O)/C=C\[C@H](O)CCC/C=C\C(=O)O1. The fraction of sp³-hybridized carbons (Fsp3) is 0.485. The first-order valence-electron chi connectivity index (χ1n) is 14.4. The molecule has 5 N–H and O–H groups in total. The fourth-order valence-corrected chi connectivity index (χ4v) is 4.17. The summed E-state index contributed by atoms with van der Waals surface area (Å²) >= 11 is 0. The van der Waals surface area contributed by atoms with Crippen molar-refractivity contribution in [2.45, 2.75) is 97.6 Å². The molecule has 0 unspecified atom stereocenters. The number of esters is 1. The first kappa shape index (κ1) is 36.3. The van der Waals surface area contributed by atoms with Crippen LogP contribution in [0.1, 0.15) is 73.1 Å². The number of nitrogens with two attached hydrogens (primary N) is 1. The molecule has 0 aromatic carbocycles. The minimum Gasteiger partial charge on any atom is -0.458 e. The average Bonchev–Trinajstić information content (AvgIpc) is 2.89. The Labute approximate surface area is 250 Å². The predicted octanol–water partition coefficient (Wildman–Crippen LogP) is 5.23. The molecule has 1 heterocycles. The highest BCUT2D eigenvalue weighted by atomic mass is 16.6. The van der Waals surface area contributed by atoms with Gasteiger partial charge in [-0.15, -0.1) is 0 Å². The van der Waals surface area contributed by atoms with E-state index in [-0.39, 0.29) is 11.8 Å². The molecule has 0 aliphatic carbocycles. The summed E-state index contributed by atoms with van der Waals surface area (Å²) in [6.45, 7) is 9.54. The Kier molecular flexibility index (Phi) is 17.5. The molecule has 42 heavy (non-hydrogen) atoms. The number of amides is 2. The average molecular weight is 585 g/mol. The van der Waals surface area contributed by atoms with Gasteiger partial charge in [0.1, 0.15) is 18.3 Å². The van der Waals surface area contributed by atoms with E-state index in [4.69, 9.17) is 15.2 Å². The van der Waals surface area contributed by atoms with Crippen LogP contribution >= 0.6 is 0 Å². The van der Waals surface area contributed by atoms with Gasteiger partial charge in [-0.3, -0.25) is 4.79 Å². The third-order valence-corrected chi connectivity index (χ3v) is 6.33.